The molecule has 1 aliphatic heterocycles. The number of aliphatic hydroxyl groups is 2. The number of hydrogen-bond donors (Lipinski definition) is 6. The van der Waals surface area contributed by atoms with Crippen molar-refractivity contribution in [1.29, 1.82) is 0 Å². The van der Waals surface area contributed by atoms with Crippen LogP contribution >= 0.6 is 0 Å². The predicted molar refractivity (Wildman–Crippen MR) is 214 cm³/mol. The van der Waals surface area contributed by atoms with Crippen molar-refractivity contribution in [2.24, 2.45) is 0 Å². The van der Waals surface area contributed by atoms with Crippen molar-refractivity contribution >= 4 is 35.2 Å². The lowest BCUT2D eigenvalue weighted by Crippen LogP contribution is -2.63. The van der Waals surface area contributed by atoms with Gasteiger partial charge in [-0.2, -0.15) is 0 Å². The molecular weight excluding hydrogens is 830 g/mol. The number of hydrogen-bond acceptors (Lipinski definition) is 20. The Morgan fingerprint density at radius 2 is 1.23 bits per heavy atom. The Labute approximate surface area is 356 Å². The van der Waals surface area contributed by atoms with Gasteiger partial charge in [-0.1, -0.05) is 0 Å². The van der Waals surface area contributed by atoms with Crippen LogP contribution in [-0.4, -0.2) is 148 Å². The van der Waals surface area contributed by atoms with Gasteiger partial charge < -0.3 is 69.2 Å². The lowest BCUT2D eigenvalue weighted by molar-refractivity contribution is -0.385. The second-order valence-corrected chi connectivity index (χ2v) is 13.3. The molecule has 5 unspecified atom stereocenters. The van der Waals surface area contributed by atoms with Crippen LogP contribution in [0.15, 0.2) is 24.3 Å². The number of carbonyl (C=O) groups is 4. The summed E-state index contributed by atoms with van der Waals surface area (Å²) in [4.78, 5) is 67.0. The van der Waals surface area contributed by atoms with Crippen molar-refractivity contribution in [2.75, 3.05) is 68.5 Å². The molecule has 5 atom stereocenters. The summed E-state index contributed by atoms with van der Waals surface area (Å²) < 4.78 is 41.4. The van der Waals surface area contributed by atoms with Gasteiger partial charge >= 0.3 is 17.9 Å². The third kappa shape index (κ3) is 16.5. The van der Waals surface area contributed by atoms with Gasteiger partial charge in [0, 0.05) is 44.2 Å². The zero-order chi connectivity index (χ0) is 46.4. The van der Waals surface area contributed by atoms with E-state index < -0.39 is 58.2 Å². The van der Waals surface area contributed by atoms with E-state index in [-0.39, 0.29) is 118 Å². The Morgan fingerprint density at radius 3 is 1.61 bits per heavy atom. The fourth-order valence-electron chi connectivity index (χ4n) is 5.95. The average molecular weight is 886 g/mol. The van der Waals surface area contributed by atoms with Crippen molar-refractivity contribution in [3.8, 4) is 23.0 Å². The molecule has 0 spiro atoms. The summed E-state index contributed by atoms with van der Waals surface area (Å²) in [5.74, 6) is -1.50. The van der Waals surface area contributed by atoms with E-state index in [1.54, 1.807) is 6.92 Å². The Balaban J connectivity index is 0.000000461. The Bertz CT molecular complexity index is 1810. The third-order valence-corrected chi connectivity index (χ3v) is 9.09. The molecule has 0 aromatic heterocycles. The smallest absolute Gasteiger partial charge is 0.319 e. The number of nitrogens with one attached hydrogen (secondary N) is 3. The van der Waals surface area contributed by atoms with E-state index in [4.69, 9.17) is 33.5 Å². The van der Waals surface area contributed by atoms with Crippen LogP contribution in [0.4, 0.5) is 11.4 Å². The average Bonchev–Trinajstić information content (AvgIpc) is 3.24. The van der Waals surface area contributed by atoms with Crippen molar-refractivity contribution < 1.29 is 82.2 Å². The molecule has 24 heteroatoms. The first-order chi connectivity index (χ1) is 29.5. The van der Waals surface area contributed by atoms with Gasteiger partial charge in [-0.25, -0.2) is 0 Å². The largest absolute Gasteiger partial charge is 0.493 e. The van der Waals surface area contributed by atoms with E-state index in [2.05, 4.69) is 25.4 Å². The Kier molecular flexibility index (Phi) is 22.8. The first-order valence-corrected chi connectivity index (χ1v) is 19.0. The number of nitro benzene ring substituents is 2. The van der Waals surface area contributed by atoms with E-state index in [1.165, 1.54) is 59.8 Å². The highest BCUT2D eigenvalue weighted by atomic mass is 16.6. The number of esters is 2. The second-order valence-electron chi connectivity index (χ2n) is 13.3. The highest BCUT2D eigenvalue weighted by Crippen LogP contribution is 2.36. The Hall–Kier alpha value is -5.92. The summed E-state index contributed by atoms with van der Waals surface area (Å²) in [6.07, 6.45) is -2.61. The van der Waals surface area contributed by atoms with Gasteiger partial charge in [0.15, 0.2) is 23.0 Å². The summed E-state index contributed by atoms with van der Waals surface area (Å²) in [6, 6.07) is 4.60. The highest BCUT2D eigenvalue weighted by Gasteiger charge is 2.44. The first kappa shape index (κ1) is 52.2. The van der Waals surface area contributed by atoms with Crippen LogP contribution in [0, 0.1) is 20.2 Å². The molecule has 1 fully saturated rings. The number of nitrogens with zero attached hydrogens (tertiary/aromatic N) is 2. The number of aliphatic carboxylic acids is 1. The fourth-order valence-corrected chi connectivity index (χ4v) is 5.95. The van der Waals surface area contributed by atoms with E-state index in [9.17, 15) is 49.6 Å². The van der Waals surface area contributed by atoms with Crippen molar-refractivity contribution in [3.05, 3.63) is 55.6 Å². The fraction of sp³-hybridized carbons (Fsp3) is 0.579. The molecule has 3 rings (SSSR count). The van der Waals surface area contributed by atoms with E-state index >= 15 is 0 Å². The van der Waals surface area contributed by atoms with Gasteiger partial charge in [0.2, 0.25) is 5.91 Å². The number of carboxylic acid groups (broad SMARTS) is 1. The monoisotopic (exact) mass is 885 g/mol. The molecule has 0 saturated carbocycles. The van der Waals surface area contributed by atoms with Crippen LogP contribution in [0.3, 0.4) is 0 Å². The third-order valence-electron chi connectivity index (χ3n) is 9.09. The van der Waals surface area contributed by atoms with Gasteiger partial charge in [0.05, 0.1) is 95.5 Å². The summed E-state index contributed by atoms with van der Waals surface area (Å²) in [6.45, 7) is 1.37. The first-order valence-electron chi connectivity index (χ1n) is 19.0. The highest BCUT2D eigenvalue weighted by molar-refractivity contribution is 5.76. The maximum absolute atomic E-state index is 12.5. The predicted octanol–water partition coefficient (Wildman–Crippen LogP) is 0.775. The summed E-state index contributed by atoms with van der Waals surface area (Å²) >= 11 is 0. The van der Waals surface area contributed by atoms with Gasteiger partial charge in [-0.15, -0.1) is 0 Å². The summed E-state index contributed by atoms with van der Waals surface area (Å²) in [7, 11) is 6.64. The lowest BCUT2D eigenvalue weighted by atomic mass is 9.93. The minimum Gasteiger partial charge on any atom is -0.493 e. The standard InChI is InChI=1S/C23H35N3O11.C15H20N2O8/c1-13-21(22(30)23(35-4)18(12-27)37-13)25-19(28)6-5-7-36-17-9-15(26(31)32)14(8-16(17)33-2)10-24-11-20(29)34-3;1-23-12-6-10(8-16-9-15(20)24-2)11(17(21)22)7-13(12)25-5-3-4-14(18)19/h8-9,13,18,21-24,27,30H,5-7,10-12H2,1-4H3,(H,25,28);6-7,16H,3-5,8-9H2,1-2H3,(H,18,19). The molecule has 2 aromatic rings. The maximum Gasteiger partial charge on any atom is 0.319 e. The van der Waals surface area contributed by atoms with Crippen molar-refractivity contribution in [2.45, 2.75) is 76.2 Å². The molecule has 346 valence electrons. The number of ether oxygens (including phenoxy) is 8. The molecule has 0 aliphatic carbocycles. The normalized spacial score (nSPS) is 18.0. The van der Waals surface area contributed by atoms with Crippen LogP contribution in [0.25, 0.3) is 0 Å². The molecule has 0 radical (unpaired) electrons. The second kappa shape index (κ2) is 27.1. The number of aliphatic hydroxyl groups excluding tert-OH is 2. The quantitative estimate of drug-likeness (QED) is 0.0347. The SMILES string of the molecule is COC(=O)CNCc1cc(OC)c(OCCCC(=O)NC2C(C)OC(CO)C(OC)C2O)cc1[N+](=O)[O-].COC(=O)CNCc1cc(OC)c(OCCCC(=O)O)cc1[N+](=O)[O-]. The van der Waals surface area contributed by atoms with E-state index in [1.807, 2.05) is 0 Å². The number of nitro groups is 2. The van der Waals surface area contributed by atoms with E-state index in [0.29, 0.717) is 5.56 Å². The molecule has 24 nitrogen and oxygen atoms in total. The number of carboxylic acids is 1. The molecular formula is C38H55N5O19. The molecule has 1 amide bonds. The van der Waals surface area contributed by atoms with Crippen molar-refractivity contribution in [3.63, 3.8) is 0 Å². The molecule has 0 bridgehead atoms. The number of methoxy groups -OCH3 is 5. The molecule has 6 N–H and O–H groups in total. The van der Waals surface area contributed by atoms with E-state index in [0.717, 1.165) is 0 Å². The Morgan fingerprint density at radius 1 is 0.758 bits per heavy atom. The van der Waals surface area contributed by atoms with Gasteiger partial charge in [-0.3, -0.25) is 39.4 Å². The molecule has 1 saturated heterocycles. The molecule has 1 aliphatic rings. The summed E-state index contributed by atoms with van der Waals surface area (Å²) in [5.41, 5.74) is 0.174. The molecule has 2 aromatic carbocycles. The van der Waals surface area contributed by atoms with Crippen LogP contribution in [-0.2, 0) is 51.2 Å². The number of rotatable bonds is 25. The maximum atomic E-state index is 12.5. The van der Waals surface area contributed by atoms with Crippen molar-refractivity contribution in [1.82, 2.24) is 16.0 Å². The van der Waals surface area contributed by atoms with Crippen LogP contribution < -0.4 is 34.9 Å². The van der Waals surface area contributed by atoms with Crippen LogP contribution in [0.2, 0.25) is 0 Å². The number of benzene rings is 2. The lowest BCUT2D eigenvalue weighted by Gasteiger charge is -2.42. The van der Waals surface area contributed by atoms with Crippen LogP contribution in [0.1, 0.15) is 43.7 Å². The number of amides is 1. The molecule has 62 heavy (non-hydrogen) atoms. The number of carbonyl (C=O) groups excluding carboxylic acids is 3. The minimum absolute atomic E-state index is 0.0281. The molecule has 1 heterocycles. The van der Waals surface area contributed by atoms with Gasteiger partial charge in [-0.05, 0) is 31.9 Å². The zero-order valence-corrected chi connectivity index (χ0v) is 35.2. The minimum atomic E-state index is -1.07. The van der Waals surface area contributed by atoms with Crippen LogP contribution in [0.5, 0.6) is 23.0 Å². The summed E-state index contributed by atoms with van der Waals surface area (Å²) in [5, 5.41) is 59.6. The van der Waals surface area contributed by atoms with Gasteiger partial charge in [0.1, 0.15) is 18.3 Å². The zero-order valence-electron chi connectivity index (χ0n) is 35.2. The topological polar surface area (TPSA) is 325 Å². The van der Waals surface area contributed by atoms with Gasteiger partial charge in [0.25, 0.3) is 11.4 Å².